The largest absolute Gasteiger partial charge is 0.480 e. The minimum atomic E-state index is -0.668. The molecule has 3 heteroatoms. The van der Waals surface area contributed by atoms with Crippen LogP contribution < -0.4 is 0 Å². The molecule has 0 aromatic rings. The molecule has 0 bridgehead atoms. The lowest BCUT2D eigenvalue weighted by Crippen LogP contribution is -2.38. The van der Waals surface area contributed by atoms with Crippen LogP contribution in [0.25, 0.3) is 0 Å². The van der Waals surface area contributed by atoms with Crippen molar-refractivity contribution in [2.75, 3.05) is 7.05 Å². The van der Waals surface area contributed by atoms with Gasteiger partial charge >= 0.3 is 5.97 Å². The van der Waals surface area contributed by atoms with Crippen LogP contribution in [0.2, 0.25) is 0 Å². The monoisotopic (exact) mass is 199 g/mol. The van der Waals surface area contributed by atoms with E-state index in [4.69, 9.17) is 5.11 Å². The highest BCUT2D eigenvalue weighted by Crippen LogP contribution is 2.31. The molecule has 3 nitrogen and oxygen atoms in total. The Morgan fingerprint density at radius 2 is 2.21 bits per heavy atom. The molecule has 14 heavy (non-hydrogen) atoms. The number of nitrogens with zero attached hydrogens (tertiary/aromatic N) is 1. The average Bonchev–Trinajstić information content (AvgIpc) is 2.40. The van der Waals surface area contributed by atoms with Gasteiger partial charge in [-0.25, -0.2) is 0 Å². The van der Waals surface area contributed by atoms with E-state index in [1.54, 1.807) is 0 Å². The molecule has 1 heterocycles. The van der Waals surface area contributed by atoms with Gasteiger partial charge in [0.1, 0.15) is 6.04 Å². The van der Waals surface area contributed by atoms with E-state index in [-0.39, 0.29) is 6.04 Å². The summed E-state index contributed by atoms with van der Waals surface area (Å²) in [6.07, 6.45) is 4.33. The summed E-state index contributed by atoms with van der Waals surface area (Å²) < 4.78 is 0. The lowest BCUT2D eigenvalue weighted by molar-refractivity contribution is -0.142. The lowest BCUT2D eigenvalue weighted by Gasteiger charge is -2.24. The number of unbranched alkanes of at least 4 members (excludes halogenated alkanes) is 1. The van der Waals surface area contributed by atoms with Crippen molar-refractivity contribution in [3.63, 3.8) is 0 Å². The van der Waals surface area contributed by atoms with Crippen LogP contribution in [0.5, 0.6) is 0 Å². The summed E-state index contributed by atoms with van der Waals surface area (Å²) in [5, 5.41) is 9.00. The quantitative estimate of drug-likeness (QED) is 0.752. The van der Waals surface area contributed by atoms with Crippen LogP contribution in [0.4, 0.5) is 0 Å². The third-order valence-electron chi connectivity index (χ3n) is 3.41. The van der Waals surface area contributed by atoms with Gasteiger partial charge in [0.25, 0.3) is 0 Å². The zero-order valence-corrected chi connectivity index (χ0v) is 9.36. The maximum atomic E-state index is 10.9. The molecule has 3 unspecified atom stereocenters. The fourth-order valence-electron chi connectivity index (χ4n) is 2.48. The van der Waals surface area contributed by atoms with Gasteiger partial charge in [-0.15, -0.1) is 0 Å². The zero-order valence-electron chi connectivity index (χ0n) is 9.36. The molecule has 82 valence electrons. The van der Waals surface area contributed by atoms with Crippen molar-refractivity contribution in [3.8, 4) is 0 Å². The van der Waals surface area contributed by atoms with Gasteiger partial charge < -0.3 is 5.11 Å². The SMILES string of the molecule is CCCCC1C(C)CC(C(=O)O)N1C. The number of likely N-dealkylation sites (tertiary alicyclic amines) is 1. The number of carbonyl (C=O) groups is 1. The van der Waals surface area contributed by atoms with E-state index in [9.17, 15) is 4.79 Å². The van der Waals surface area contributed by atoms with Gasteiger partial charge in [-0.05, 0) is 25.8 Å². The fraction of sp³-hybridized carbons (Fsp3) is 0.909. The van der Waals surface area contributed by atoms with Gasteiger partial charge in [0.05, 0.1) is 0 Å². The number of carboxylic acid groups (broad SMARTS) is 1. The van der Waals surface area contributed by atoms with E-state index in [1.165, 1.54) is 12.8 Å². The second-order valence-corrected chi connectivity index (χ2v) is 4.44. The van der Waals surface area contributed by atoms with Crippen LogP contribution in [0.1, 0.15) is 39.5 Å². The molecule has 0 radical (unpaired) electrons. The van der Waals surface area contributed by atoms with Crippen LogP contribution in [0.15, 0.2) is 0 Å². The van der Waals surface area contributed by atoms with Crippen molar-refractivity contribution in [3.05, 3.63) is 0 Å². The van der Waals surface area contributed by atoms with E-state index < -0.39 is 5.97 Å². The second-order valence-electron chi connectivity index (χ2n) is 4.44. The predicted octanol–water partition coefficient (Wildman–Crippen LogP) is 1.97. The zero-order chi connectivity index (χ0) is 10.7. The van der Waals surface area contributed by atoms with E-state index >= 15 is 0 Å². The van der Waals surface area contributed by atoms with Gasteiger partial charge in [-0.1, -0.05) is 26.7 Å². The summed E-state index contributed by atoms with van der Waals surface area (Å²) in [7, 11) is 1.95. The molecule has 0 aliphatic carbocycles. The molecule has 0 spiro atoms. The smallest absolute Gasteiger partial charge is 0.320 e. The summed E-state index contributed by atoms with van der Waals surface area (Å²) in [5.74, 6) is -0.147. The van der Waals surface area contributed by atoms with Gasteiger partial charge in [0, 0.05) is 6.04 Å². The fourth-order valence-corrected chi connectivity index (χ4v) is 2.48. The predicted molar refractivity (Wildman–Crippen MR) is 56.3 cm³/mol. The molecular formula is C11H21NO2. The van der Waals surface area contributed by atoms with Crippen molar-refractivity contribution in [1.82, 2.24) is 4.90 Å². The molecule has 3 atom stereocenters. The summed E-state index contributed by atoms with van der Waals surface area (Å²) in [5.41, 5.74) is 0. The molecular weight excluding hydrogens is 178 g/mol. The Morgan fingerprint density at radius 1 is 1.57 bits per heavy atom. The van der Waals surface area contributed by atoms with Gasteiger partial charge in [-0.3, -0.25) is 9.69 Å². The van der Waals surface area contributed by atoms with E-state index in [0.717, 1.165) is 12.8 Å². The molecule has 1 N–H and O–H groups in total. The number of rotatable bonds is 4. The second kappa shape index (κ2) is 4.78. The maximum absolute atomic E-state index is 10.9. The van der Waals surface area contributed by atoms with Crippen molar-refractivity contribution in [2.24, 2.45) is 5.92 Å². The van der Waals surface area contributed by atoms with Crippen LogP contribution >= 0.6 is 0 Å². The topological polar surface area (TPSA) is 40.5 Å². The maximum Gasteiger partial charge on any atom is 0.320 e. The highest BCUT2D eigenvalue weighted by atomic mass is 16.4. The molecule has 1 aliphatic heterocycles. The number of likely N-dealkylation sites (N-methyl/N-ethyl adjacent to an activating group) is 1. The Bertz CT molecular complexity index is 205. The minimum Gasteiger partial charge on any atom is -0.480 e. The number of aliphatic carboxylic acids is 1. The van der Waals surface area contributed by atoms with Crippen LogP contribution in [0, 0.1) is 5.92 Å². The first kappa shape index (κ1) is 11.5. The Kier molecular flexibility index (Phi) is 3.93. The minimum absolute atomic E-state index is 0.258. The van der Waals surface area contributed by atoms with Gasteiger partial charge in [0.2, 0.25) is 0 Å². The number of carboxylic acids is 1. The molecule has 1 saturated heterocycles. The van der Waals surface area contributed by atoms with Gasteiger partial charge in [0.15, 0.2) is 0 Å². The molecule has 1 aliphatic rings. The first-order valence-corrected chi connectivity index (χ1v) is 5.52. The van der Waals surface area contributed by atoms with Crippen molar-refractivity contribution in [1.29, 1.82) is 0 Å². The third kappa shape index (κ3) is 2.27. The first-order chi connectivity index (χ1) is 6.57. The van der Waals surface area contributed by atoms with Crippen LogP contribution in [-0.2, 0) is 4.79 Å². The Hall–Kier alpha value is -0.570. The lowest BCUT2D eigenvalue weighted by atomic mass is 9.97. The van der Waals surface area contributed by atoms with Crippen molar-refractivity contribution in [2.45, 2.75) is 51.6 Å². The van der Waals surface area contributed by atoms with E-state index in [2.05, 4.69) is 13.8 Å². The molecule has 0 amide bonds. The molecule has 0 aromatic heterocycles. The molecule has 0 aromatic carbocycles. The van der Waals surface area contributed by atoms with Crippen molar-refractivity contribution < 1.29 is 9.90 Å². The Balaban J connectivity index is 2.55. The third-order valence-corrected chi connectivity index (χ3v) is 3.41. The Morgan fingerprint density at radius 3 is 2.64 bits per heavy atom. The first-order valence-electron chi connectivity index (χ1n) is 5.52. The summed E-state index contributed by atoms with van der Waals surface area (Å²) in [6, 6.07) is 0.211. The highest BCUT2D eigenvalue weighted by Gasteiger charge is 2.39. The number of hydrogen-bond acceptors (Lipinski definition) is 2. The Labute approximate surface area is 86.1 Å². The summed E-state index contributed by atoms with van der Waals surface area (Å²) in [6.45, 7) is 4.34. The number of hydrogen-bond donors (Lipinski definition) is 1. The average molecular weight is 199 g/mol. The standard InChI is InChI=1S/C11H21NO2/c1-4-5-6-9-8(2)7-10(11(13)14)12(9)3/h8-10H,4-7H2,1-3H3,(H,13,14). The van der Waals surface area contributed by atoms with Gasteiger partial charge in [-0.2, -0.15) is 0 Å². The van der Waals surface area contributed by atoms with Crippen LogP contribution in [-0.4, -0.2) is 35.1 Å². The molecule has 1 rings (SSSR count). The van der Waals surface area contributed by atoms with E-state index in [0.29, 0.717) is 12.0 Å². The summed E-state index contributed by atoms with van der Waals surface area (Å²) >= 11 is 0. The highest BCUT2D eigenvalue weighted by molar-refractivity contribution is 5.74. The van der Waals surface area contributed by atoms with E-state index in [1.807, 2.05) is 11.9 Å². The summed E-state index contributed by atoms with van der Waals surface area (Å²) in [4.78, 5) is 13.0. The van der Waals surface area contributed by atoms with Crippen LogP contribution in [0.3, 0.4) is 0 Å². The molecule has 1 fully saturated rings. The normalized spacial score (nSPS) is 33.5. The molecule has 0 saturated carbocycles. The van der Waals surface area contributed by atoms with Crippen molar-refractivity contribution >= 4 is 5.97 Å².